The topological polar surface area (TPSA) is 54.5 Å². The van der Waals surface area contributed by atoms with Crippen molar-refractivity contribution in [1.29, 1.82) is 0 Å². The molecule has 1 aromatic heterocycles. The van der Waals surface area contributed by atoms with E-state index in [1.807, 2.05) is 4.90 Å². The maximum Gasteiger partial charge on any atom is 0.275 e. The fourth-order valence-electron chi connectivity index (χ4n) is 3.65. The number of anilines is 2. The lowest BCUT2D eigenvalue weighted by Crippen LogP contribution is -2.46. The first-order chi connectivity index (χ1) is 12.9. The van der Waals surface area contributed by atoms with Crippen LogP contribution < -0.4 is 10.1 Å². The van der Waals surface area contributed by atoms with Crippen LogP contribution in [0.4, 0.5) is 15.2 Å². The summed E-state index contributed by atoms with van der Waals surface area (Å²) < 4.78 is 20.1. The molecule has 2 unspecified atom stereocenters. The number of nitrogens with one attached hydrogen (secondary N) is 1. The summed E-state index contributed by atoms with van der Waals surface area (Å²) in [5.74, 6) is 0.574. The van der Waals surface area contributed by atoms with Crippen molar-refractivity contribution in [2.24, 2.45) is 5.92 Å². The van der Waals surface area contributed by atoms with Gasteiger partial charge in [0, 0.05) is 30.6 Å². The smallest absolute Gasteiger partial charge is 0.275 e. The summed E-state index contributed by atoms with van der Waals surface area (Å²) in [4.78, 5) is 19.1. The van der Waals surface area contributed by atoms with Gasteiger partial charge in [0.1, 0.15) is 15.9 Å². The van der Waals surface area contributed by atoms with Crippen molar-refractivity contribution in [3.05, 3.63) is 33.5 Å². The van der Waals surface area contributed by atoms with Crippen molar-refractivity contribution in [2.75, 3.05) is 18.5 Å². The van der Waals surface area contributed by atoms with Crippen LogP contribution in [-0.2, 0) is 6.42 Å². The van der Waals surface area contributed by atoms with E-state index in [0.717, 1.165) is 29.7 Å². The van der Waals surface area contributed by atoms with Gasteiger partial charge >= 0.3 is 0 Å². The third-order valence-corrected chi connectivity index (χ3v) is 6.61. The number of benzene rings is 1. The van der Waals surface area contributed by atoms with Gasteiger partial charge in [-0.05, 0) is 31.7 Å². The van der Waals surface area contributed by atoms with Gasteiger partial charge in [0.15, 0.2) is 10.8 Å². The largest absolute Gasteiger partial charge is 0.493 e. The number of hydrogen-bond acceptors (Lipinski definition) is 5. The Morgan fingerprint density at radius 1 is 1.44 bits per heavy atom. The summed E-state index contributed by atoms with van der Waals surface area (Å²) in [6.45, 7) is 5.48. The molecule has 1 saturated heterocycles. The number of carbonyl (C=O) groups is 1. The van der Waals surface area contributed by atoms with Crippen LogP contribution in [0.5, 0.6) is 5.75 Å². The van der Waals surface area contributed by atoms with Crippen molar-refractivity contribution in [3.8, 4) is 5.75 Å². The molecule has 0 radical (unpaired) electrons. The number of amides is 1. The minimum absolute atomic E-state index is 0.145. The minimum Gasteiger partial charge on any atom is -0.493 e. The van der Waals surface area contributed by atoms with Gasteiger partial charge in [-0.25, -0.2) is 9.37 Å². The molecule has 1 aromatic carbocycles. The predicted molar refractivity (Wildman–Crippen MR) is 105 cm³/mol. The monoisotopic (exact) mass is 409 g/mol. The highest BCUT2D eigenvalue weighted by molar-refractivity contribution is 7.19. The Morgan fingerprint density at radius 3 is 3.07 bits per heavy atom. The summed E-state index contributed by atoms with van der Waals surface area (Å²) in [5.41, 5.74) is 1.35. The molecule has 3 heterocycles. The van der Waals surface area contributed by atoms with Crippen molar-refractivity contribution in [1.82, 2.24) is 9.88 Å². The van der Waals surface area contributed by atoms with E-state index in [9.17, 15) is 9.18 Å². The average molecular weight is 410 g/mol. The summed E-state index contributed by atoms with van der Waals surface area (Å²) in [6, 6.07) is 3.25. The van der Waals surface area contributed by atoms with Crippen molar-refractivity contribution >= 4 is 39.7 Å². The van der Waals surface area contributed by atoms with Gasteiger partial charge in [-0.3, -0.25) is 4.79 Å². The second-order valence-electron chi connectivity index (χ2n) is 7.16. The number of fused-ring (bicyclic) bond motifs is 1. The van der Waals surface area contributed by atoms with E-state index in [0.29, 0.717) is 40.7 Å². The van der Waals surface area contributed by atoms with Crippen LogP contribution in [0.25, 0.3) is 0 Å². The molecule has 1 amide bonds. The Bertz CT molecular complexity index is 888. The number of nitrogens with zero attached hydrogens (tertiary/aromatic N) is 2. The highest BCUT2D eigenvalue weighted by Gasteiger charge is 2.31. The van der Waals surface area contributed by atoms with Gasteiger partial charge in [-0.1, -0.05) is 29.9 Å². The van der Waals surface area contributed by atoms with Gasteiger partial charge in [0.2, 0.25) is 0 Å². The van der Waals surface area contributed by atoms with E-state index in [2.05, 4.69) is 24.1 Å². The third-order valence-electron chi connectivity index (χ3n) is 5.44. The zero-order chi connectivity index (χ0) is 19.1. The zero-order valence-electron chi connectivity index (χ0n) is 15.2. The number of thiazole rings is 1. The lowest BCUT2D eigenvalue weighted by Gasteiger charge is -2.37. The quantitative estimate of drug-likeness (QED) is 0.785. The van der Waals surface area contributed by atoms with Crippen LogP contribution >= 0.6 is 22.9 Å². The number of aromatic nitrogens is 1. The molecular weight excluding hydrogens is 389 g/mol. The highest BCUT2D eigenvalue weighted by Crippen LogP contribution is 2.36. The number of hydrogen-bond donors (Lipinski definition) is 1. The average Bonchev–Trinajstić information content (AvgIpc) is 3.23. The first-order valence-corrected chi connectivity index (χ1v) is 10.3. The Hall–Kier alpha value is -1.86. The molecule has 0 saturated carbocycles. The van der Waals surface area contributed by atoms with Crippen LogP contribution in [0, 0.1) is 11.7 Å². The predicted octanol–water partition coefficient (Wildman–Crippen LogP) is 4.87. The number of rotatable bonds is 3. The van der Waals surface area contributed by atoms with Crippen LogP contribution in [0.15, 0.2) is 12.1 Å². The Labute approximate surface area is 166 Å². The second-order valence-corrected chi connectivity index (χ2v) is 8.76. The van der Waals surface area contributed by atoms with Gasteiger partial charge in [-0.15, -0.1) is 0 Å². The Balaban J connectivity index is 1.56. The van der Waals surface area contributed by atoms with Crippen LogP contribution in [0.1, 0.15) is 42.7 Å². The number of halogens is 2. The molecule has 1 N–H and O–H groups in total. The van der Waals surface area contributed by atoms with E-state index in [1.54, 1.807) is 6.07 Å². The summed E-state index contributed by atoms with van der Waals surface area (Å²) in [5, 5.41) is 3.33. The lowest BCUT2D eigenvalue weighted by atomic mass is 9.92. The molecule has 5 nitrogen and oxygen atoms in total. The fourth-order valence-corrected chi connectivity index (χ4v) is 4.69. The van der Waals surface area contributed by atoms with Gasteiger partial charge in [0.05, 0.1) is 12.3 Å². The fraction of sp³-hybridized carbons (Fsp3) is 0.474. The number of piperidine rings is 1. The van der Waals surface area contributed by atoms with Gasteiger partial charge in [-0.2, -0.15) is 0 Å². The van der Waals surface area contributed by atoms with Crippen molar-refractivity contribution in [3.63, 3.8) is 0 Å². The number of ether oxygens (including phenoxy) is 1. The number of likely N-dealkylation sites (tertiary alicyclic amines) is 1. The normalized spacial score (nSPS) is 21.7. The Morgan fingerprint density at radius 2 is 2.26 bits per heavy atom. The molecule has 8 heteroatoms. The van der Waals surface area contributed by atoms with Crippen molar-refractivity contribution in [2.45, 2.75) is 39.2 Å². The van der Waals surface area contributed by atoms with Crippen molar-refractivity contribution < 1.29 is 13.9 Å². The molecule has 2 aromatic rings. The number of carbonyl (C=O) groups excluding carboxylic acids is 1. The molecule has 2 aliphatic heterocycles. The molecule has 0 bridgehead atoms. The lowest BCUT2D eigenvalue weighted by molar-refractivity contribution is 0.0546. The maximum absolute atomic E-state index is 14.3. The molecule has 0 spiro atoms. The van der Waals surface area contributed by atoms with E-state index < -0.39 is 0 Å². The highest BCUT2D eigenvalue weighted by atomic mass is 35.5. The summed E-state index contributed by atoms with van der Waals surface area (Å²) in [7, 11) is 0. The van der Waals surface area contributed by atoms with Crippen LogP contribution in [0.2, 0.25) is 4.34 Å². The van der Waals surface area contributed by atoms with E-state index in [-0.39, 0.29) is 29.1 Å². The summed E-state index contributed by atoms with van der Waals surface area (Å²) in [6.07, 6.45) is 2.80. The van der Waals surface area contributed by atoms with Gasteiger partial charge in [0.25, 0.3) is 5.91 Å². The summed E-state index contributed by atoms with van der Waals surface area (Å²) >= 11 is 7.43. The standard InChI is InChI=1S/C19H21ClFN3O2S/c1-10-4-3-6-24(11(10)2)18(25)16-17(20)27-19(23-16)22-14-9-15-12(5-7-26-15)8-13(14)21/h8-11H,3-7H2,1-2H3,(H,22,23). The van der Waals surface area contributed by atoms with E-state index >= 15 is 0 Å². The molecule has 27 heavy (non-hydrogen) atoms. The molecule has 1 fully saturated rings. The van der Waals surface area contributed by atoms with Crippen LogP contribution in [0.3, 0.4) is 0 Å². The molecule has 2 atom stereocenters. The molecular formula is C19H21ClFN3O2S. The molecule has 0 aliphatic carbocycles. The van der Waals surface area contributed by atoms with Crippen LogP contribution in [-0.4, -0.2) is 35.0 Å². The molecule has 4 rings (SSSR count). The zero-order valence-corrected chi connectivity index (χ0v) is 16.8. The second kappa shape index (κ2) is 7.28. The first kappa shape index (κ1) is 18.5. The van der Waals surface area contributed by atoms with Gasteiger partial charge < -0.3 is 15.0 Å². The molecule has 144 valence electrons. The third kappa shape index (κ3) is 3.50. The van der Waals surface area contributed by atoms with E-state index in [4.69, 9.17) is 16.3 Å². The minimum atomic E-state index is -0.378. The molecule has 2 aliphatic rings. The first-order valence-electron chi connectivity index (χ1n) is 9.13. The Kier molecular flexibility index (Phi) is 4.99. The maximum atomic E-state index is 14.3. The SMILES string of the molecule is CC1CCCN(C(=O)c2nc(Nc3cc4c(cc3F)CCO4)sc2Cl)C1C. The van der Waals surface area contributed by atoms with E-state index in [1.165, 1.54) is 6.07 Å².